The third kappa shape index (κ3) is 5.35. The number of hydrogen-bond acceptors (Lipinski definition) is 4. The number of unbranched alkanes of at least 4 members (excludes halogenated alkanes) is 1. The standard InChI is InChI=1S/C28H25N3O3/c32-24(16-15-21-10-9-17-29-20-21)30-18-7-8-19-31-27(33)25(22-11-3-1-4-12-22)26(28(31)34)23-13-5-2-6-14-23/h1-6,9-17,20H,7-8,18-19H2,(H,30,32)/b16-15+. The highest BCUT2D eigenvalue weighted by atomic mass is 16.2. The minimum absolute atomic E-state index is 0.198. The zero-order chi connectivity index (χ0) is 23.8. The Morgan fingerprint density at radius 2 is 1.44 bits per heavy atom. The van der Waals surface area contributed by atoms with E-state index < -0.39 is 0 Å². The van der Waals surface area contributed by atoms with Crippen molar-refractivity contribution in [2.75, 3.05) is 13.1 Å². The lowest BCUT2D eigenvalue weighted by Gasteiger charge is -2.15. The summed E-state index contributed by atoms with van der Waals surface area (Å²) in [5.74, 6) is -0.756. The lowest BCUT2D eigenvalue weighted by molar-refractivity contribution is -0.136. The van der Waals surface area contributed by atoms with Crippen LogP contribution in [-0.2, 0) is 14.4 Å². The second-order valence-electron chi connectivity index (χ2n) is 7.86. The number of nitrogens with one attached hydrogen (secondary N) is 1. The second kappa shape index (κ2) is 11.0. The summed E-state index contributed by atoms with van der Waals surface area (Å²) < 4.78 is 0. The van der Waals surface area contributed by atoms with Crippen LogP contribution >= 0.6 is 0 Å². The van der Waals surface area contributed by atoms with Crippen LogP contribution in [0.2, 0.25) is 0 Å². The molecule has 0 aliphatic carbocycles. The van der Waals surface area contributed by atoms with Gasteiger partial charge < -0.3 is 5.32 Å². The number of aromatic nitrogens is 1. The van der Waals surface area contributed by atoms with Crippen LogP contribution in [0.1, 0.15) is 29.5 Å². The maximum absolute atomic E-state index is 13.3. The van der Waals surface area contributed by atoms with Gasteiger partial charge in [0.2, 0.25) is 5.91 Å². The van der Waals surface area contributed by atoms with E-state index in [0.717, 1.165) is 16.7 Å². The Hall–Kier alpha value is -4.32. The van der Waals surface area contributed by atoms with Gasteiger partial charge in [-0.2, -0.15) is 0 Å². The van der Waals surface area contributed by atoms with E-state index in [1.165, 1.54) is 11.0 Å². The summed E-state index contributed by atoms with van der Waals surface area (Å²) in [6, 6.07) is 22.3. The summed E-state index contributed by atoms with van der Waals surface area (Å²) in [7, 11) is 0. The first kappa shape index (κ1) is 22.9. The Morgan fingerprint density at radius 3 is 2.00 bits per heavy atom. The second-order valence-corrected chi connectivity index (χ2v) is 7.86. The van der Waals surface area contributed by atoms with Crippen molar-refractivity contribution < 1.29 is 14.4 Å². The van der Waals surface area contributed by atoms with Crippen LogP contribution < -0.4 is 5.32 Å². The van der Waals surface area contributed by atoms with Crippen LogP contribution in [0.3, 0.4) is 0 Å². The van der Waals surface area contributed by atoms with Crippen LogP contribution in [0.4, 0.5) is 0 Å². The van der Waals surface area contributed by atoms with Crippen molar-refractivity contribution in [2.45, 2.75) is 12.8 Å². The topological polar surface area (TPSA) is 79.4 Å². The number of benzene rings is 2. The largest absolute Gasteiger partial charge is 0.353 e. The zero-order valence-electron chi connectivity index (χ0n) is 18.7. The molecular weight excluding hydrogens is 426 g/mol. The van der Waals surface area contributed by atoms with E-state index in [-0.39, 0.29) is 17.7 Å². The van der Waals surface area contributed by atoms with Gasteiger partial charge >= 0.3 is 0 Å². The summed E-state index contributed by atoms with van der Waals surface area (Å²) in [4.78, 5) is 43.8. The molecule has 1 aromatic heterocycles. The highest BCUT2D eigenvalue weighted by molar-refractivity contribution is 6.48. The Morgan fingerprint density at radius 1 is 0.824 bits per heavy atom. The van der Waals surface area contributed by atoms with Crippen molar-refractivity contribution in [1.29, 1.82) is 0 Å². The van der Waals surface area contributed by atoms with Gasteiger partial charge in [-0.3, -0.25) is 24.3 Å². The summed E-state index contributed by atoms with van der Waals surface area (Å²) in [5.41, 5.74) is 3.18. The van der Waals surface area contributed by atoms with E-state index in [9.17, 15) is 14.4 Å². The van der Waals surface area contributed by atoms with Gasteiger partial charge in [0, 0.05) is 31.6 Å². The molecule has 2 aromatic carbocycles. The highest BCUT2D eigenvalue weighted by Gasteiger charge is 2.38. The predicted molar refractivity (Wildman–Crippen MR) is 132 cm³/mol. The Balaban J connectivity index is 1.35. The van der Waals surface area contributed by atoms with Gasteiger partial charge in [0.1, 0.15) is 0 Å². The van der Waals surface area contributed by atoms with Crippen molar-refractivity contribution in [1.82, 2.24) is 15.2 Å². The predicted octanol–water partition coefficient (Wildman–Crippen LogP) is 3.97. The number of hydrogen-bond donors (Lipinski definition) is 1. The lowest BCUT2D eigenvalue weighted by atomic mass is 9.96. The molecule has 0 bridgehead atoms. The van der Waals surface area contributed by atoms with Gasteiger partial charge in [0.05, 0.1) is 11.1 Å². The van der Waals surface area contributed by atoms with Gasteiger partial charge in [0.25, 0.3) is 11.8 Å². The number of nitrogens with zero attached hydrogens (tertiary/aromatic N) is 2. The SMILES string of the molecule is O=C(/C=C/c1cccnc1)NCCCCN1C(=O)C(c2ccccc2)=C(c2ccccc2)C1=O. The average Bonchev–Trinajstić information content (AvgIpc) is 3.13. The fourth-order valence-electron chi connectivity index (χ4n) is 3.84. The van der Waals surface area contributed by atoms with E-state index in [4.69, 9.17) is 0 Å². The summed E-state index contributed by atoms with van der Waals surface area (Å²) >= 11 is 0. The van der Waals surface area contributed by atoms with E-state index in [1.54, 1.807) is 24.5 Å². The molecule has 34 heavy (non-hydrogen) atoms. The molecule has 170 valence electrons. The highest BCUT2D eigenvalue weighted by Crippen LogP contribution is 2.35. The molecule has 0 radical (unpaired) electrons. The van der Waals surface area contributed by atoms with Crippen molar-refractivity contribution in [3.8, 4) is 0 Å². The van der Waals surface area contributed by atoms with Gasteiger partial charge in [-0.1, -0.05) is 66.7 Å². The average molecular weight is 452 g/mol. The molecule has 0 fully saturated rings. The van der Waals surface area contributed by atoms with E-state index in [0.29, 0.717) is 37.1 Å². The molecule has 2 heterocycles. The fourth-order valence-corrected chi connectivity index (χ4v) is 3.84. The van der Waals surface area contributed by atoms with Crippen molar-refractivity contribution in [2.24, 2.45) is 0 Å². The van der Waals surface area contributed by atoms with Gasteiger partial charge in [0.15, 0.2) is 0 Å². The molecular formula is C28H25N3O3. The summed E-state index contributed by atoms with van der Waals surface area (Å²) in [6.07, 6.45) is 7.75. The van der Waals surface area contributed by atoms with E-state index in [2.05, 4.69) is 10.3 Å². The molecule has 0 spiro atoms. The molecule has 3 aromatic rings. The molecule has 0 saturated carbocycles. The van der Waals surface area contributed by atoms with Crippen LogP contribution in [0.5, 0.6) is 0 Å². The maximum atomic E-state index is 13.3. The quantitative estimate of drug-likeness (QED) is 0.303. The number of pyridine rings is 1. The lowest BCUT2D eigenvalue weighted by Crippen LogP contribution is -2.33. The van der Waals surface area contributed by atoms with Crippen molar-refractivity contribution in [3.63, 3.8) is 0 Å². The number of carbonyl (C=O) groups is 3. The molecule has 1 N–H and O–H groups in total. The molecule has 6 nitrogen and oxygen atoms in total. The summed E-state index contributed by atoms with van der Waals surface area (Å²) in [6.45, 7) is 0.753. The number of rotatable bonds is 9. The van der Waals surface area contributed by atoms with Crippen LogP contribution in [-0.4, -0.2) is 40.7 Å². The summed E-state index contributed by atoms with van der Waals surface area (Å²) in [5, 5.41) is 2.83. The minimum Gasteiger partial charge on any atom is -0.353 e. The van der Waals surface area contributed by atoms with Gasteiger partial charge in [-0.25, -0.2) is 0 Å². The maximum Gasteiger partial charge on any atom is 0.262 e. The Labute approximate surface area is 198 Å². The number of carbonyl (C=O) groups excluding carboxylic acids is 3. The van der Waals surface area contributed by atoms with E-state index in [1.807, 2.05) is 66.7 Å². The molecule has 0 saturated heterocycles. The van der Waals surface area contributed by atoms with Crippen molar-refractivity contribution in [3.05, 3.63) is 108 Å². The monoisotopic (exact) mass is 451 g/mol. The fraction of sp³-hybridized carbons (Fsp3) is 0.143. The molecule has 6 heteroatoms. The number of amides is 3. The van der Waals surface area contributed by atoms with Crippen LogP contribution in [0.25, 0.3) is 17.2 Å². The van der Waals surface area contributed by atoms with Gasteiger partial charge in [-0.05, 0) is 41.7 Å². The first-order chi connectivity index (χ1) is 16.6. The molecule has 0 unspecified atom stereocenters. The smallest absolute Gasteiger partial charge is 0.262 e. The first-order valence-electron chi connectivity index (χ1n) is 11.2. The normalized spacial score (nSPS) is 13.7. The molecule has 1 aliphatic heterocycles. The minimum atomic E-state index is -0.279. The molecule has 0 atom stereocenters. The number of imide groups is 1. The van der Waals surface area contributed by atoms with E-state index >= 15 is 0 Å². The van der Waals surface area contributed by atoms with Crippen LogP contribution in [0, 0.1) is 0 Å². The van der Waals surface area contributed by atoms with Crippen LogP contribution in [0.15, 0.2) is 91.3 Å². The van der Waals surface area contributed by atoms with Crippen molar-refractivity contribution >= 4 is 34.9 Å². The van der Waals surface area contributed by atoms with Gasteiger partial charge in [-0.15, -0.1) is 0 Å². The Bertz CT molecular complexity index is 1160. The third-order valence-electron chi connectivity index (χ3n) is 5.51. The zero-order valence-corrected chi connectivity index (χ0v) is 18.7. The molecule has 4 rings (SSSR count). The molecule has 3 amide bonds. The first-order valence-corrected chi connectivity index (χ1v) is 11.2. The molecule has 1 aliphatic rings. The Kier molecular flexibility index (Phi) is 7.40. The third-order valence-corrected chi connectivity index (χ3v) is 5.51.